The normalized spacial score (nSPS) is 11.2. The van der Waals surface area contributed by atoms with Crippen LogP contribution in [0, 0.1) is 0 Å². The van der Waals surface area contributed by atoms with Crippen LogP contribution in [0.4, 0.5) is 0 Å². The van der Waals surface area contributed by atoms with E-state index in [0.717, 1.165) is 22.6 Å². The number of furan rings is 1. The van der Waals surface area contributed by atoms with Gasteiger partial charge < -0.3 is 9.40 Å². The molecule has 0 aliphatic carbocycles. The van der Waals surface area contributed by atoms with Gasteiger partial charge in [0, 0.05) is 0 Å². The summed E-state index contributed by atoms with van der Waals surface area (Å²) in [4.78, 5) is 7.74. The second kappa shape index (κ2) is 3.84. The van der Waals surface area contributed by atoms with Crippen molar-refractivity contribution < 1.29 is 4.42 Å². The van der Waals surface area contributed by atoms with E-state index in [-0.39, 0.29) is 0 Å². The molecule has 0 atom stereocenters. The molecule has 0 unspecified atom stereocenters. The van der Waals surface area contributed by atoms with E-state index in [0.29, 0.717) is 5.82 Å². The molecular formula is C14H10N4O. The number of fused-ring (bicyclic) bond motifs is 1. The van der Waals surface area contributed by atoms with Crippen LogP contribution in [0.25, 0.3) is 28.4 Å². The first-order chi connectivity index (χ1) is 9.42. The van der Waals surface area contributed by atoms with Crippen LogP contribution in [-0.4, -0.2) is 19.7 Å². The topological polar surface area (TPSA) is 59.6 Å². The molecule has 3 heterocycles. The molecule has 0 saturated carbocycles. The summed E-state index contributed by atoms with van der Waals surface area (Å²) in [5, 5.41) is 4.34. The second-order valence-electron chi connectivity index (χ2n) is 4.19. The SMILES string of the molecule is c1ccc(-n2ncc3[nH]c(-c4ccco4)nc32)cc1. The Kier molecular flexibility index (Phi) is 2.05. The molecule has 0 aliphatic heterocycles. The molecule has 0 radical (unpaired) electrons. The first-order valence-corrected chi connectivity index (χ1v) is 5.95. The van der Waals surface area contributed by atoms with Crippen LogP contribution in [0.15, 0.2) is 59.3 Å². The van der Waals surface area contributed by atoms with Crippen LogP contribution in [0.3, 0.4) is 0 Å². The Labute approximate surface area is 108 Å². The molecule has 92 valence electrons. The fraction of sp³-hybridized carbons (Fsp3) is 0. The van der Waals surface area contributed by atoms with Gasteiger partial charge in [-0.2, -0.15) is 5.10 Å². The molecule has 0 amide bonds. The third-order valence-corrected chi connectivity index (χ3v) is 2.97. The summed E-state index contributed by atoms with van der Waals surface area (Å²) in [7, 11) is 0. The third-order valence-electron chi connectivity index (χ3n) is 2.97. The zero-order valence-electron chi connectivity index (χ0n) is 9.95. The molecule has 0 bridgehead atoms. The quantitative estimate of drug-likeness (QED) is 0.595. The molecule has 4 rings (SSSR count). The van der Waals surface area contributed by atoms with Crippen molar-refractivity contribution in [3.8, 4) is 17.3 Å². The Hall–Kier alpha value is -2.82. The summed E-state index contributed by atoms with van der Waals surface area (Å²) in [6.07, 6.45) is 3.40. The van der Waals surface area contributed by atoms with Gasteiger partial charge >= 0.3 is 0 Å². The van der Waals surface area contributed by atoms with Crippen molar-refractivity contribution in [1.82, 2.24) is 19.7 Å². The number of hydrogen-bond donors (Lipinski definition) is 1. The van der Waals surface area contributed by atoms with E-state index in [2.05, 4.69) is 15.1 Å². The summed E-state index contributed by atoms with van der Waals surface area (Å²) >= 11 is 0. The maximum atomic E-state index is 5.34. The number of nitrogens with one attached hydrogen (secondary N) is 1. The van der Waals surface area contributed by atoms with Crippen LogP contribution in [0.5, 0.6) is 0 Å². The average molecular weight is 250 g/mol. The lowest BCUT2D eigenvalue weighted by atomic mass is 10.3. The van der Waals surface area contributed by atoms with Gasteiger partial charge in [-0.05, 0) is 24.3 Å². The standard InChI is InChI=1S/C14H10N4O/c1-2-5-10(6-3-1)18-14-11(9-15-18)16-13(17-14)12-7-4-8-19-12/h1-9H,(H,16,17). The predicted octanol–water partition coefficient (Wildman–Crippen LogP) is 3.01. The molecule has 5 nitrogen and oxygen atoms in total. The molecular weight excluding hydrogens is 240 g/mol. The highest BCUT2D eigenvalue weighted by atomic mass is 16.3. The Morgan fingerprint density at radius 2 is 1.95 bits per heavy atom. The Bertz CT molecular complexity index is 812. The molecule has 1 aromatic carbocycles. The van der Waals surface area contributed by atoms with E-state index in [1.54, 1.807) is 17.1 Å². The van der Waals surface area contributed by atoms with Crippen LogP contribution in [0.1, 0.15) is 0 Å². The summed E-state index contributed by atoms with van der Waals surface area (Å²) < 4.78 is 7.14. The van der Waals surface area contributed by atoms with Crippen molar-refractivity contribution in [2.24, 2.45) is 0 Å². The number of benzene rings is 1. The van der Waals surface area contributed by atoms with Crippen LogP contribution in [-0.2, 0) is 0 Å². The van der Waals surface area contributed by atoms with Crippen molar-refractivity contribution in [2.45, 2.75) is 0 Å². The summed E-state index contributed by atoms with van der Waals surface area (Å²) in [5.41, 5.74) is 2.66. The molecule has 0 spiro atoms. The van der Waals surface area contributed by atoms with Crippen molar-refractivity contribution in [3.05, 3.63) is 54.9 Å². The van der Waals surface area contributed by atoms with Crippen molar-refractivity contribution >= 4 is 11.2 Å². The van der Waals surface area contributed by atoms with E-state index in [9.17, 15) is 0 Å². The highest BCUT2D eigenvalue weighted by Crippen LogP contribution is 2.22. The molecule has 0 aliphatic rings. The van der Waals surface area contributed by atoms with Gasteiger partial charge in [0.25, 0.3) is 0 Å². The van der Waals surface area contributed by atoms with Gasteiger partial charge in [0.1, 0.15) is 5.52 Å². The Morgan fingerprint density at radius 1 is 1.05 bits per heavy atom. The van der Waals surface area contributed by atoms with Gasteiger partial charge in [-0.3, -0.25) is 0 Å². The van der Waals surface area contributed by atoms with E-state index >= 15 is 0 Å². The number of rotatable bonds is 2. The van der Waals surface area contributed by atoms with E-state index in [4.69, 9.17) is 4.42 Å². The van der Waals surface area contributed by atoms with Crippen LogP contribution in [0.2, 0.25) is 0 Å². The fourth-order valence-electron chi connectivity index (χ4n) is 2.09. The first-order valence-electron chi connectivity index (χ1n) is 5.95. The first kappa shape index (κ1) is 10.1. The van der Waals surface area contributed by atoms with Gasteiger partial charge in [-0.15, -0.1) is 0 Å². The van der Waals surface area contributed by atoms with Gasteiger partial charge in [-0.25, -0.2) is 9.67 Å². The number of aromatic nitrogens is 4. The largest absolute Gasteiger partial charge is 0.461 e. The van der Waals surface area contributed by atoms with Crippen molar-refractivity contribution in [2.75, 3.05) is 0 Å². The maximum absolute atomic E-state index is 5.34. The molecule has 4 aromatic rings. The minimum atomic E-state index is 0.710. The smallest absolute Gasteiger partial charge is 0.181 e. The summed E-state index contributed by atoms with van der Waals surface area (Å²) in [6, 6.07) is 13.6. The number of aromatic amines is 1. The van der Waals surface area contributed by atoms with E-state index in [1.165, 1.54) is 0 Å². The predicted molar refractivity (Wildman–Crippen MR) is 70.9 cm³/mol. The summed E-state index contributed by atoms with van der Waals surface area (Å²) in [6.45, 7) is 0. The number of para-hydroxylation sites is 1. The number of hydrogen-bond acceptors (Lipinski definition) is 3. The Morgan fingerprint density at radius 3 is 2.74 bits per heavy atom. The second-order valence-corrected chi connectivity index (χ2v) is 4.19. The zero-order valence-corrected chi connectivity index (χ0v) is 9.95. The highest BCUT2D eigenvalue weighted by molar-refractivity contribution is 5.76. The number of imidazole rings is 1. The number of H-pyrrole nitrogens is 1. The minimum Gasteiger partial charge on any atom is -0.461 e. The average Bonchev–Trinajstić information content (AvgIpc) is 3.15. The highest BCUT2D eigenvalue weighted by Gasteiger charge is 2.12. The van der Waals surface area contributed by atoms with Gasteiger partial charge in [0.05, 0.1) is 18.1 Å². The lowest BCUT2D eigenvalue weighted by molar-refractivity contribution is 0.578. The minimum absolute atomic E-state index is 0.710. The molecule has 3 aromatic heterocycles. The molecule has 0 saturated heterocycles. The zero-order chi connectivity index (χ0) is 12.7. The third kappa shape index (κ3) is 1.55. The molecule has 0 fully saturated rings. The Balaban J connectivity index is 1.90. The molecule has 19 heavy (non-hydrogen) atoms. The van der Waals surface area contributed by atoms with Gasteiger partial charge in [0.2, 0.25) is 0 Å². The monoisotopic (exact) mass is 250 g/mol. The number of nitrogens with zero attached hydrogens (tertiary/aromatic N) is 3. The van der Waals surface area contributed by atoms with Gasteiger partial charge in [-0.1, -0.05) is 18.2 Å². The molecule has 5 heteroatoms. The van der Waals surface area contributed by atoms with Crippen molar-refractivity contribution in [3.63, 3.8) is 0 Å². The maximum Gasteiger partial charge on any atom is 0.181 e. The molecule has 1 N–H and O–H groups in total. The lowest BCUT2D eigenvalue weighted by Gasteiger charge is -1.99. The van der Waals surface area contributed by atoms with Crippen LogP contribution < -0.4 is 0 Å². The van der Waals surface area contributed by atoms with Gasteiger partial charge in [0.15, 0.2) is 17.2 Å². The van der Waals surface area contributed by atoms with Crippen LogP contribution >= 0.6 is 0 Å². The fourth-order valence-corrected chi connectivity index (χ4v) is 2.09. The lowest BCUT2D eigenvalue weighted by Crippen LogP contribution is -1.95. The van der Waals surface area contributed by atoms with E-state index in [1.807, 2.05) is 42.5 Å². The van der Waals surface area contributed by atoms with Crippen molar-refractivity contribution in [1.29, 1.82) is 0 Å². The van der Waals surface area contributed by atoms with E-state index < -0.39 is 0 Å². The summed E-state index contributed by atoms with van der Waals surface area (Å²) in [5.74, 6) is 1.43.